The van der Waals surface area contributed by atoms with Gasteiger partial charge in [-0.1, -0.05) is 48.2 Å². The van der Waals surface area contributed by atoms with Crippen LogP contribution in [0.5, 0.6) is 0 Å². The third-order valence-corrected chi connectivity index (χ3v) is 5.13. The van der Waals surface area contributed by atoms with Gasteiger partial charge in [-0.15, -0.1) is 0 Å². The summed E-state index contributed by atoms with van der Waals surface area (Å²) in [6.45, 7) is 0. The number of nitrogens with zero attached hydrogens (tertiary/aromatic N) is 2. The number of H-pyrrole nitrogens is 1. The minimum absolute atomic E-state index is 0.325. The largest absolute Gasteiger partial charge is 0.333 e. The van der Waals surface area contributed by atoms with Crippen LogP contribution < -0.4 is 5.43 Å². The molecule has 0 unspecified atom stereocenters. The molecule has 0 fully saturated rings. The molecule has 3 aromatic carbocycles. The minimum Gasteiger partial charge on any atom is -0.333 e. The van der Waals surface area contributed by atoms with Crippen molar-refractivity contribution in [3.63, 3.8) is 0 Å². The van der Waals surface area contributed by atoms with E-state index in [-0.39, 0.29) is 11.7 Å². The van der Waals surface area contributed by atoms with Crippen LogP contribution in [0, 0.1) is 5.82 Å². The quantitative estimate of drug-likeness (QED) is 0.277. The summed E-state index contributed by atoms with van der Waals surface area (Å²) < 4.78 is 13.1. The number of hydrazone groups is 1. The Hall–Kier alpha value is -3.45. The van der Waals surface area contributed by atoms with E-state index in [4.69, 9.17) is 0 Å². The summed E-state index contributed by atoms with van der Waals surface area (Å²) in [5.74, 6) is 0.0601. The SMILES string of the molecule is O=C(NN=Cc1cccc(F)c1)c1ccc(CSc2nc3ccccc3[nH]2)cc1. The number of rotatable bonds is 6. The summed E-state index contributed by atoms with van der Waals surface area (Å²) in [5.41, 5.74) is 6.56. The Labute approximate surface area is 171 Å². The van der Waals surface area contributed by atoms with Crippen LogP contribution in [-0.4, -0.2) is 22.1 Å². The van der Waals surface area contributed by atoms with Crippen LogP contribution >= 0.6 is 11.8 Å². The molecule has 0 aliphatic rings. The normalized spacial score (nSPS) is 11.2. The van der Waals surface area contributed by atoms with E-state index in [9.17, 15) is 9.18 Å². The number of hydrogen-bond acceptors (Lipinski definition) is 4. The highest BCUT2D eigenvalue weighted by molar-refractivity contribution is 7.98. The molecule has 0 atom stereocenters. The van der Waals surface area contributed by atoms with Gasteiger partial charge in [0, 0.05) is 11.3 Å². The van der Waals surface area contributed by atoms with E-state index in [0.29, 0.717) is 11.1 Å². The third-order valence-electron chi connectivity index (χ3n) is 4.19. The van der Waals surface area contributed by atoms with Gasteiger partial charge in [-0.05, 0) is 47.5 Å². The highest BCUT2D eigenvalue weighted by atomic mass is 32.2. The van der Waals surface area contributed by atoms with E-state index < -0.39 is 0 Å². The van der Waals surface area contributed by atoms with Crippen molar-refractivity contribution in [1.29, 1.82) is 0 Å². The van der Waals surface area contributed by atoms with E-state index in [1.807, 2.05) is 36.4 Å². The van der Waals surface area contributed by atoms with Gasteiger partial charge in [-0.25, -0.2) is 14.8 Å². The molecule has 1 aromatic heterocycles. The molecule has 0 spiro atoms. The van der Waals surface area contributed by atoms with Gasteiger partial charge >= 0.3 is 0 Å². The number of imidazole rings is 1. The zero-order valence-corrected chi connectivity index (χ0v) is 16.1. The smallest absolute Gasteiger partial charge is 0.271 e. The first-order valence-electron chi connectivity index (χ1n) is 8.93. The number of hydrogen-bond donors (Lipinski definition) is 2. The number of halogens is 1. The summed E-state index contributed by atoms with van der Waals surface area (Å²) in [7, 11) is 0. The molecule has 7 heteroatoms. The van der Waals surface area contributed by atoms with Crippen LogP contribution in [0.2, 0.25) is 0 Å². The average molecular weight is 404 g/mol. The second kappa shape index (κ2) is 8.70. The summed E-state index contributed by atoms with van der Waals surface area (Å²) in [5, 5.41) is 4.73. The van der Waals surface area contributed by atoms with Gasteiger partial charge in [-0.3, -0.25) is 4.79 Å². The Bertz CT molecular complexity index is 1140. The van der Waals surface area contributed by atoms with Crippen LogP contribution in [0.3, 0.4) is 0 Å². The maximum atomic E-state index is 13.1. The number of carbonyl (C=O) groups excluding carboxylic acids is 1. The van der Waals surface area contributed by atoms with Crippen LogP contribution in [0.1, 0.15) is 21.5 Å². The second-order valence-corrected chi connectivity index (χ2v) is 7.26. The summed E-state index contributed by atoms with van der Waals surface area (Å²) in [4.78, 5) is 20.0. The Balaban J connectivity index is 1.32. The van der Waals surface area contributed by atoms with Gasteiger partial charge in [-0.2, -0.15) is 5.10 Å². The number of fused-ring (bicyclic) bond motifs is 1. The van der Waals surface area contributed by atoms with E-state index in [2.05, 4.69) is 20.5 Å². The van der Waals surface area contributed by atoms with Gasteiger partial charge in [0.2, 0.25) is 0 Å². The molecule has 2 N–H and O–H groups in total. The highest BCUT2D eigenvalue weighted by Gasteiger charge is 2.06. The first-order chi connectivity index (χ1) is 14.2. The average Bonchev–Trinajstić information content (AvgIpc) is 3.16. The topological polar surface area (TPSA) is 70.1 Å². The summed E-state index contributed by atoms with van der Waals surface area (Å²) in [6, 6.07) is 21.2. The van der Waals surface area contributed by atoms with Crippen molar-refractivity contribution in [1.82, 2.24) is 15.4 Å². The molecule has 5 nitrogen and oxygen atoms in total. The van der Waals surface area contributed by atoms with Crippen LogP contribution in [0.15, 0.2) is 83.1 Å². The molecule has 0 aliphatic carbocycles. The van der Waals surface area contributed by atoms with Gasteiger partial charge in [0.05, 0.1) is 17.2 Å². The zero-order valence-electron chi connectivity index (χ0n) is 15.3. The third kappa shape index (κ3) is 4.89. The lowest BCUT2D eigenvalue weighted by molar-refractivity contribution is 0.0955. The number of carbonyl (C=O) groups is 1. The number of nitrogens with one attached hydrogen (secondary N) is 2. The van der Waals surface area contributed by atoms with E-state index in [1.54, 1.807) is 36.0 Å². The lowest BCUT2D eigenvalue weighted by Gasteiger charge is -2.03. The van der Waals surface area contributed by atoms with E-state index in [0.717, 1.165) is 27.5 Å². The zero-order chi connectivity index (χ0) is 20.1. The Kier molecular flexibility index (Phi) is 5.67. The minimum atomic E-state index is -0.351. The number of amides is 1. The fraction of sp³-hybridized carbons (Fsp3) is 0.0455. The number of benzene rings is 3. The maximum Gasteiger partial charge on any atom is 0.271 e. The lowest BCUT2D eigenvalue weighted by Crippen LogP contribution is -2.17. The van der Waals surface area contributed by atoms with E-state index in [1.165, 1.54) is 18.3 Å². The Morgan fingerprint density at radius 1 is 1.10 bits per heavy atom. The highest BCUT2D eigenvalue weighted by Crippen LogP contribution is 2.23. The molecule has 4 aromatic rings. The predicted molar refractivity (Wildman–Crippen MR) is 114 cm³/mol. The molecule has 0 aliphatic heterocycles. The maximum absolute atomic E-state index is 13.1. The van der Waals surface area contributed by atoms with Gasteiger partial charge in [0.25, 0.3) is 5.91 Å². The number of aromatic amines is 1. The summed E-state index contributed by atoms with van der Waals surface area (Å²) in [6.07, 6.45) is 1.40. The molecule has 1 heterocycles. The first-order valence-corrected chi connectivity index (χ1v) is 9.91. The molecule has 0 saturated carbocycles. The molecule has 4 rings (SSSR count). The number of para-hydroxylation sites is 2. The van der Waals surface area contributed by atoms with Crippen molar-refractivity contribution in [2.24, 2.45) is 5.10 Å². The van der Waals surface area contributed by atoms with Crippen LogP contribution in [0.25, 0.3) is 11.0 Å². The fourth-order valence-electron chi connectivity index (χ4n) is 2.72. The Morgan fingerprint density at radius 2 is 1.93 bits per heavy atom. The monoisotopic (exact) mass is 404 g/mol. The molecule has 1 amide bonds. The fourth-order valence-corrected chi connectivity index (χ4v) is 3.56. The number of thioether (sulfide) groups is 1. The molecule has 144 valence electrons. The van der Waals surface area contributed by atoms with Crippen molar-refractivity contribution < 1.29 is 9.18 Å². The van der Waals surface area contributed by atoms with Crippen molar-refractivity contribution in [2.75, 3.05) is 0 Å². The molecule has 0 radical (unpaired) electrons. The van der Waals surface area contributed by atoms with Crippen molar-refractivity contribution >= 4 is 34.9 Å². The van der Waals surface area contributed by atoms with Gasteiger partial charge < -0.3 is 4.98 Å². The lowest BCUT2D eigenvalue weighted by atomic mass is 10.1. The molecule has 29 heavy (non-hydrogen) atoms. The van der Waals surface area contributed by atoms with Crippen molar-refractivity contribution in [2.45, 2.75) is 10.9 Å². The Morgan fingerprint density at radius 3 is 2.72 bits per heavy atom. The molecule has 0 bridgehead atoms. The van der Waals surface area contributed by atoms with Crippen molar-refractivity contribution in [3.05, 3.63) is 95.3 Å². The van der Waals surface area contributed by atoms with Crippen LogP contribution in [-0.2, 0) is 5.75 Å². The summed E-state index contributed by atoms with van der Waals surface area (Å²) >= 11 is 1.60. The second-order valence-electron chi connectivity index (χ2n) is 6.30. The molecular formula is C22H17FN4OS. The number of aromatic nitrogens is 2. The standard InChI is InChI=1S/C22H17FN4OS/c23-18-5-3-4-16(12-18)13-24-27-21(28)17-10-8-15(9-11-17)14-29-22-25-19-6-1-2-7-20(19)26-22/h1-13H,14H2,(H,25,26)(H,27,28). The molecular weight excluding hydrogens is 387 g/mol. The first kappa shape index (κ1) is 18.9. The van der Waals surface area contributed by atoms with Gasteiger partial charge in [0.15, 0.2) is 5.16 Å². The predicted octanol–water partition coefficient (Wildman–Crippen LogP) is 4.76. The van der Waals surface area contributed by atoms with E-state index >= 15 is 0 Å². The van der Waals surface area contributed by atoms with Crippen LogP contribution in [0.4, 0.5) is 4.39 Å². The van der Waals surface area contributed by atoms with Gasteiger partial charge in [0.1, 0.15) is 5.82 Å². The van der Waals surface area contributed by atoms with Crippen molar-refractivity contribution in [3.8, 4) is 0 Å². The molecule has 0 saturated heterocycles.